The van der Waals surface area contributed by atoms with Gasteiger partial charge in [-0.25, -0.2) is 0 Å². The molecule has 6 nitrogen and oxygen atoms in total. The van der Waals surface area contributed by atoms with Crippen LogP contribution in [0.15, 0.2) is 0 Å². The molecule has 0 spiro atoms. The molecule has 1 aromatic heterocycles. The van der Waals surface area contributed by atoms with Crippen LogP contribution in [0.5, 0.6) is 0 Å². The predicted molar refractivity (Wildman–Crippen MR) is 74.1 cm³/mol. The Morgan fingerprint density at radius 1 is 1.45 bits per heavy atom. The summed E-state index contributed by atoms with van der Waals surface area (Å²) in [5.74, 6) is -0.265. The van der Waals surface area contributed by atoms with Crippen LogP contribution in [0, 0.1) is 25.7 Å². The molecule has 1 aliphatic rings. The minimum absolute atomic E-state index is 0.0351. The Morgan fingerprint density at radius 2 is 2.05 bits per heavy atom. The van der Waals surface area contributed by atoms with Crippen molar-refractivity contribution < 1.29 is 14.3 Å². The Morgan fingerprint density at radius 3 is 2.50 bits per heavy atom. The molecule has 1 heterocycles. The third-order valence-electron chi connectivity index (χ3n) is 3.83. The van der Waals surface area contributed by atoms with E-state index in [1.54, 1.807) is 11.6 Å². The quantitative estimate of drug-likeness (QED) is 0.849. The Balaban J connectivity index is 1.95. The first-order valence-corrected chi connectivity index (χ1v) is 6.82. The van der Waals surface area contributed by atoms with Gasteiger partial charge in [0.25, 0.3) is 5.91 Å². The number of hydrogen-bond donors (Lipinski definition) is 1. The fourth-order valence-corrected chi connectivity index (χ4v) is 2.14. The minimum Gasteiger partial charge on any atom is -0.452 e. The van der Waals surface area contributed by atoms with Gasteiger partial charge in [-0.05, 0) is 33.1 Å². The zero-order valence-corrected chi connectivity index (χ0v) is 12.6. The van der Waals surface area contributed by atoms with Gasteiger partial charge < -0.3 is 10.1 Å². The maximum Gasteiger partial charge on any atom is 0.309 e. The number of rotatable bonds is 4. The zero-order chi connectivity index (χ0) is 15.0. The summed E-state index contributed by atoms with van der Waals surface area (Å²) < 4.78 is 6.89. The van der Waals surface area contributed by atoms with Gasteiger partial charge >= 0.3 is 5.97 Å². The van der Waals surface area contributed by atoms with E-state index in [-0.39, 0.29) is 17.8 Å². The van der Waals surface area contributed by atoms with Crippen molar-refractivity contribution in [1.29, 1.82) is 0 Å². The molecule has 0 aromatic carbocycles. The van der Waals surface area contributed by atoms with Crippen LogP contribution in [0.2, 0.25) is 0 Å². The molecule has 1 N–H and O–H groups in total. The number of esters is 1. The topological polar surface area (TPSA) is 73.2 Å². The largest absolute Gasteiger partial charge is 0.452 e. The molecule has 0 radical (unpaired) electrons. The van der Waals surface area contributed by atoms with Crippen LogP contribution in [0.3, 0.4) is 0 Å². The van der Waals surface area contributed by atoms with Crippen molar-refractivity contribution in [2.45, 2.75) is 40.2 Å². The Kier molecular flexibility index (Phi) is 3.83. The van der Waals surface area contributed by atoms with Crippen molar-refractivity contribution in [3.05, 3.63) is 11.4 Å². The number of aromatic nitrogens is 2. The minimum atomic E-state index is -0.797. The molecule has 0 aliphatic heterocycles. The number of hydrogen-bond acceptors (Lipinski definition) is 4. The molecule has 6 heteroatoms. The monoisotopic (exact) mass is 279 g/mol. The second-order valence-corrected chi connectivity index (χ2v) is 5.56. The van der Waals surface area contributed by atoms with E-state index < -0.39 is 6.10 Å². The lowest BCUT2D eigenvalue weighted by Gasteiger charge is -2.13. The van der Waals surface area contributed by atoms with Crippen molar-refractivity contribution in [1.82, 2.24) is 9.78 Å². The number of anilines is 1. The molecule has 0 bridgehead atoms. The molecule has 0 unspecified atom stereocenters. The van der Waals surface area contributed by atoms with E-state index in [0.29, 0.717) is 11.6 Å². The smallest absolute Gasteiger partial charge is 0.309 e. The van der Waals surface area contributed by atoms with Gasteiger partial charge in [0.1, 0.15) is 0 Å². The van der Waals surface area contributed by atoms with E-state index in [1.807, 2.05) is 27.8 Å². The average molecular weight is 279 g/mol. The van der Waals surface area contributed by atoms with Crippen LogP contribution >= 0.6 is 0 Å². The fraction of sp³-hybridized carbons (Fsp3) is 0.643. The highest BCUT2D eigenvalue weighted by molar-refractivity contribution is 5.96. The maximum atomic E-state index is 12.1. The number of ether oxygens (including phenoxy) is 1. The third kappa shape index (κ3) is 2.84. The summed E-state index contributed by atoms with van der Waals surface area (Å²) in [6.45, 7) is 7.28. The van der Waals surface area contributed by atoms with Crippen molar-refractivity contribution in [3.8, 4) is 0 Å². The first kappa shape index (κ1) is 14.6. The summed E-state index contributed by atoms with van der Waals surface area (Å²) in [6, 6.07) is 0. The SMILES string of the molecule is Cc1nn(C)c(C)c1NC(=O)[C@H](C)OC(=O)[C@H]1C[C@@H]1C. The second kappa shape index (κ2) is 5.26. The van der Waals surface area contributed by atoms with Gasteiger partial charge in [-0.2, -0.15) is 5.10 Å². The molecular weight excluding hydrogens is 258 g/mol. The number of nitrogens with one attached hydrogen (secondary N) is 1. The third-order valence-corrected chi connectivity index (χ3v) is 3.83. The molecular formula is C14H21N3O3. The normalized spacial score (nSPS) is 22.2. The van der Waals surface area contributed by atoms with Gasteiger partial charge in [-0.1, -0.05) is 6.92 Å². The lowest BCUT2D eigenvalue weighted by Crippen LogP contribution is -2.31. The summed E-state index contributed by atoms with van der Waals surface area (Å²) >= 11 is 0. The van der Waals surface area contributed by atoms with E-state index in [1.165, 1.54) is 0 Å². The van der Waals surface area contributed by atoms with Crippen LogP contribution in [0.25, 0.3) is 0 Å². The van der Waals surface area contributed by atoms with Crippen molar-refractivity contribution in [2.75, 3.05) is 5.32 Å². The van der Waals surface area contributed by atoms with Gasteiger partial charge in [0.2, 0.25) is 0 Å². The van der Waals surface area contributed by atoms with E-state index >= 15 is 0 Å². The summed E-state index contributed by atoms with van der Waals surface area (Å²) in [4.78, 5) is 23.8. The molecule has 0 saturated heterocycles. The van der Waals surface area contributed by atoms with Gasteiger partial charge in [0.15, 0.2) is 6.10 Å². The zero-order valence-electron chi connectivity index (χ0n) is 12.6. The van der Waals surface area contributed by atoms with Crippen molar-refractivity contribution >= 4 is 17.6 Å². The highest BCUT2D eigenvalue weighted by atomic mass is 16.5. The Labute approximate surface area is 118 Å². The fourth-order valence-electron chi connectivity index (χ4n) is 2.14. The first-order valence-electron chi connectivity index (χ1n) is 6.82. The van der Waals surface area contributed by atoms with Crippen LogP contribution in [0.4, 0.5) is 5.69 Å². The van der Waals surface area contributed by atoms with Crippen molar-refractivity contribution in [3.63, 3.8) is 0 Å². The maximum absolute atomic E-state index is 12.1. The summed E-state index contributed by atoms with van der Waals surface area (Å²) in [7, 11) is 1.82. The van der Waals surface area contributed by atoms with Crippen molar-refractivity contribution in [2.24, 2.45) is 18.9 Å². The van der Waals surface area contributed by atoms with Gasteiger partial charge in [0, 0.05) is 7.05 Å². The number of carbonyl (C=O) groups excluding carboxylic acids is 2. The standard InChI is InChI=1S/C14H21N3O3/c1-7-6-11(7)14(19)20-10(4)13(18)15-12-8(2)16-17(5)9(12)3/h7,10-11H,6H2,1-5H3,(H,15,18)/t7-,10-,11-/m0/s1. The van der Waals surface area contributed by atoms with E-state index in [0.717, 1.165) is 17.8 Å². The molecule has 3 atom stereocenters. The molecule has 1 aliphatic carbocycles. The lowest BCUT2D eigenvalue weighted by atomic mass is 10.3. The summed E-state index contributed by atoms with van der Waals surface area (Å²) in [5, 5.41) is 7.00. The van der Waals surface area contributed by atoms with Crippen LogP contribution in [-0.2, 0) is 21.4 Å². The molecule has 2 rings (SSSR count). The highest BCUT2D eigenvalue weighted by Crippen LogP contribution is 2.38. The predicted octanol–water partition coefficient (Wildman–Crippen LogP) is 1.56. The molecule has 20 heavy (non-hydrogen) atoms. The summed E-state index contributed by atoms with van der Waals surface area (Å²) in [5.41, 5.74) is 2.29. The van der Waals surface area contributed by atoms with Gasteiger partial charge in [0.05, 0.1) is 23.0 Å². The highest BCUT2D eigenvalue weighted by Gasteiger charge is 2.41. The number of nitrogens with zero attached hydrogens (tertiary/aromatic N) is 2. The lowest BCUT2D eigenvalue weighted by molar-refractivity contribution is -0.154. The van der Waals surface area contributed by atoms with Crippen LogP contribution < -0.4 is 5.32 Å². The molecule has 110 valence electrons. The van der Waals surface area contributed by atoms with E-state index in [2.05, 4.69) is 10.4 Å². The Hall–Kier alpha value is -1.85. The number of aryl methyl sites for hydroxylation is 2. The van der Waals surface area contributed by atoms with E-state index in [4.69, 9.17) is 4.74 Å². The van der Waals surface area contributed by atoms with Crippen LogP contribution in [-0.4, -0.2) is 27.8 Å². The van der Waals surface area contributed by atoms with Gasteiger partial charge in [-0.15, -0.1) is 0 Å². The molecule has 1 amide bonds. The first-order chi connectivity index (χ1) is 9.31. The summed E-state index contributed by atoms with van der Waals surface area (Å²) in [6.07, 6.45) is 0.0582. The number of amides is 1. The average Bonchev–Trinajstić information content (AvgIpc) is 3.06. The number of carbonyl (C=O) groups is 2. The van der Waals surface area contributed by atoms with Crippen LogP contribution in [0.1, 0.15) is 31.7 Å². The second-order valence-electron chi connectivity index (χ2n) is 5.56. The molecule has 1 fully saturated rings. The molecule has 1 saturated carbocycles. The Bertz CT molecular complexity index is 550. The van der Waals surface area contributed by atoms with E-state index in [9.17, 15) is 9.59 Å². The molecule has 1 aromatic rings. The van der Waals surface area contributed by atoms with Gasteiger partial charge in [-0.3, -0.25) is 14.3 Å².